The van der Waals surface area contributed by atoms with Gasteiger partial charge in [-0.1, -0.05) is 26.5 Å². The highest BCUT2D eigenvalue weighted by atomic mass is 19.4. The van der Waals surface area contributed by atoms with Gasteiger partial charge in [-0.2, -0.15) is 18.3 Å². The number of aliphatic hydroxyl groups excluding tert-OH is 1. The van der Waals surface area contributed by atoms with Gasteiger partial charge in [0, 0.05) is 37.2 Å². The number of halogens is 3. The van der Waals surface area contributed by atoms with E-state index in [0.717, 1.165) is 12.1 Å². The number of nitrogens with one attached hydrogen (secondary N) is 1. The van der Waals surface area contributed by atoms with Gasteiger partial charge in [0.1, 0.15) is 6.54 Å². The monoisotopic (exact) mass is 452 g/mol. The van der Waals surface area contributed by atoms with Gasteiger partial charge in [-0.3, -0.25) is 14.6 Å². The molecule has 2 heterocycles. The van der Waals surface area contributed by atoms with E-state index in [2.05, 4.69) is 17.0 Å². The predicted molar refractivity (Wildman–Crippen MR) is 113 cm³/mol. The van der Waals surface area contributed by atoms with Crippen molar-refractivity contribution < 1.29 is 27.9 Å². The molecule has 2 atom stereocenters. The van der Waals surface area contributed by atoms with Crippen LogP contribution in [0.5, 0.6) is 0 Å². The first-order valence-electron chi connectivity index (χ1n) is 10.4. The number of alkyl halides is 3. The summed E-state index contributed by atoms with van der Waals surface area (Å²) in [6, 6.07) is 3.00. The Morgan fingerprint density at radius 2 is 1.97 bits per heavy atom. The Bertz CT molecular complexity index is 958. The van der Waals surface area contributed by atoms with Crippen molar-refractivity contribution in [2.75, 3.05) is 19.6 Å². The van der Waals surface area contributed by atoms with Gasteiger partial charge in [-0.15, -0.1) is 0 Å². The first-order valence-corrected chi connectivity index (χ1v) is 10.4. The summed E-state index contributed by atoms with van der Waals surface area (Å²) in [5.41, 5.74) is 0.822. The Morgan fingerprint density at radius 3 is 2.56 bits per heavy atom. The number of rotatable bonds is 4. The maximum Gasteiger partial charge on any atom is 0.416 e. The second-order valence-electron chi connectivity index (χ2n) is 8.48. The van der Waals surface area contributed by atoms with E-state index in [9.17, 15) is 27.9 Å². The summed E-state index contributed by atoms with van der Waals surface area (Å²) >= 11 is 0. The van der Waals surface area contributed by atoms with Crippen LogP contribution >= 0.6 is 0 Å². The number of aliphatic hydroxyl groups is 1. The standard InChI is InChI=1S/C22H27F3N4O3/c1-12(2)21-19-7-15(22(23,24)25)5-6-18(19)13(3)29(27-21)11-20(32)26-16-8-17(31)10-28(9-16)14(4)30/h5-7,12,16-17,31H,3,8-11H2,1-2,4H3,(H,26,32)/t16-,17-/m1/s1. The molecule has 174 valence electrons. The van der Waals surface area contributed by atoms with Crippen LogP contribution in [0.25, 0.3) is 5.70 Å². The van der Waals surface area contributed by atoms with Crippen LogP contribution in [0.3, 0.4) is 0 Å². The number of β-amino-alcohol motifs (C(OH)–C–C–N with tert-alkyl or cyclic N) is 1. The highest BCUT2D eigenvalue weighted by Gasteiger charge is 2.34. The largest absolute Gasteiger partial charge is 0.416 e. The molecule has 0 saturated carbocycles. The van der Waals surface area contributed by atoms with Crippen molar-refractivity contribution >= 4 is 23.2 Å². The first kappa shape index (κ1) is 23.8. The highest BCUT2D eigenvalue weighted by Crippen LogP contribution is 2.35. The average Bonchev–Trinajstić information content (AvgIpc) is 2.68. The fourth-order valence-corrected chi connectivity index (χ4v) is 3.97. The second kappa shape index (κ2) is 8.93. The SMILES string of the molecule is C=C1c2ccc(C(F)(F)F)cc2C(C(C)C)=NN1CC(=O)N[C@@H]1C[C@@H](O)CN(C(C)=O)C1. The van der Waals surface area contributed by atoms with Gasteiger partial charge < -0.3 is 15.3 Å². The van der Waals surface area contributed by atoms with E-state index >= 15 is 0 Å². The van der Waals surface area contributed by atoms with E-state index in [0.29, 0.717) is 35.5 Å². The van der Waals surface area contributed by atoms with Gasteiger partial charge in [0.2, 0.25) is 11.8 Å². The third kappa shape index (κ3) is 5.12. The number of hydrogen-bond acceptors (Lipinski definition) is 5. The zero-order chi connectivity index (χ0) is 23.8. The van der Waals surface area contributed by atoms with Crippen molar-refractivity contribution in [1.29, 1.82) is 0 Å². The Labute approximate surface area is 184 Å². The third-order valence-electron chi connectivity index (χ3n) is 5.55. The summed E-state index contributed by atoms with van der Waals surface area (Å²) in [6.07, 6.45) is -4.89. The highest BCUT2D eigenvalue weighted by molar-refractivity contribution is 6.07. The molecule has 10 heteroatoms. The van der Waals surface area contributed by atoms with Crippen LogP contribution in [0.4, 0.5) is 13.2 Å². The van der Waals surface area contributed by atoms with E-state index in [1.807, 2.05) is 13.8 Å². The molecule has 0 spiro atoms. The number of hydrazone groups is 1. The maximum atomic E-state index is 13.2. The molecule has 1 saturated heterocycles. The third-order valence-corrected chi connectivity index (χ3v) is 5.55. The molecular weight excluding hydrogens is 425 g/mol. The number of fused-ring (bicyclic) bond motifs is 1. The lowest BCUT2D eigenvalue weighted by molar-refractivity contribution is -0.137. The number of carbonyl (C=O) groups is 2. The minimum atomic E-state index is -4.48. The Balaban J connectivity index is 1.78. The lowest BCUT2D eigenvalue weighted by Crippen LogP contribution is -2.54. The van der Waals surface area contributed by atoms with Crippen LogP contribution in [-0.2, 0) is 15.8 Å². The molecule has 0 aliphatic carbocycles. The smallest absolute Gasteiger partial charge is 0.391 e. The second-order valence-corrected chi connectivity index (χ2v) is 8.48. The van der Waals surface area contributed by atoms with E-state index < -0.39 is 29.8 Å². The number of likely N-dealkylation sites (tertiary alicyclic amines) is 1. The molecular formula is C22H27F3N4O3. The maximum absolute atomic E-state index is 13.2. The summed E-state index contributed by atoms with van der Waals surface area (Å²) in [5, 5.41) is 18.6. The fraction of sp³-hybridized carbons (Fsp3) is 0.500. The van der Waals surface area contributed by atoms with E-state index in [1.54, 1.807) is 0 Å². The number of hydrogen-bond donors (Lipinski definition) is 2. The number of carbonyl (C=O) groups excluding carboxylic acids is 2. The number of piperidine rings is 1. The van der Waals surface area contributed by atoms with Crippen LogP contribution in [-0.4, -0.2) is 64.3 Å². The molecule has 0 unspecified atom stereocenters. The average molecular weight is 452 g/mol. The van der Waals surface area contributed by atoms with Crippen molar-refractivity contribution in [1.82, 2.24) is 15.2 Å². The molecule has 0 aromatic heterocycles. The van der Waals surface area contributed by atoms with Crippen LogP contribution in [0.1, 0.15) is 43.9 Å². The van der Waals surface area contributed by atoms with Gasteiger partial charge in [-0.25, -0.2) is 0 Å². The quantitative estimate of drug-likeness (QED) is 0.735. The molecule has 1 aromatic rings. The zero-order valence-corrected chi connectivity index (χ0v) is 18.2. The van der Waals surface area contributed by atoms with Crippen LogP contribution in [0.15, 0.2) is 29.9 Å². The zero-order valence-electron chi connectivity index (χ0n) is 18.2. The molecule has 0 radical (unpaired) electrons. The molecule has 2 amide bonds. The minimum Gasteiger partial charge on any atom is -0.391 e. The van der Waals surface area contributed by atoms with Crippen LogP contribution < -0.4 is 5.32 Å². The summed E-state index contributed by atoms with van der Waals surface area (Å²) in [5.74, 6) is -0.766. The Hall–Kier alpha value is -2.88. The molecule has 32 heavy (non-hydrogen) atoms. The molecule has 7 nitrogen and oxygen atoms in total. The molecule has 2 aliphatic rings. The van der Waals surface area contributed by atoms with Crippen molar-refractivity contribution in [3.63, 3.8) is 0 Å². The van der Waals surface area contributed by atoms with E-state index in [1.165, 1.54) is 22.9 Å². The summed E-state index contributed by atoms with van der Waals surface area (Å²) in [7, 11) is 0. The lowest BCUT2D eigenvalue weighted by Gasteiger charge is -2.36. The predicted octanol–water partition coefficient (Wildman–Crippen LogP) is 2.45. The van der Waals surface area contributed by atoms with Crippen molar-refractivity contribution in [3.8, 4) is 0 Å². The minimum absolute atomic E-state index is 0.187. The normalized spacial score (nSPS) is 21.4. The molecule has 2 aliphatic heterocycles. The van der Waals surface area contributed by atoms with Gasteiger partial charge in [0.25, 0.3) is 0 Å². The Morgan fingerprint density at radius 1 is 1.28 bits per heavy atom. The number of benzene rings is 1. The van der Waals surface area contributed by atoms with Crippen LogP contribution in [0, 0.1) is 5.92 Å². The first-order chi connectivity index (χ1) is 14.9. The molecule has 1 fully saturated rings. The fourth-order valence-electron chi connectivity index (χ4n) is 3.97. The van der Waals surface area contributed by atoms with E-state index in [-0.39, 0.29) is 24.9 Å². The van der Waals surface area contributed by atoms with Gasteiger partial charge in [0.05, 0.1) is 23.1 Å². The van der Waals surface area contributed by atoms with Crippen molar-refractivity contribution in [3.05, 3.63) is 41.5 Å². The topological polar surface area (TPSA) is 85.2 Å². The number of amides is 2. The van der Waals surface area contributed by atoms with Gasteiger partial charge in [0.15, 0.2) is 0 Å². The molecule has 2 N–H and O–H groups in total. The molecule has 3 rings (SSSR count). The van der Waals surface area contributed by atoms with Gasteiger partial charge >= 0.3 is 6.18 Å². The molecule has 0 bridgehead atoms. The number of nitrogens with zero attached hydrogens (tertiary/aromatic N) is 3. The van der Waals surface area contributed by atoms with Gasteiger partial charge in [-0.05, 0) is 24.5 Å². The molecule has 1 aromatic carbocycles. The summed E-state index contributed by atoms with van der Waals surface area (Å²) in [6.45, 7) is 9.29. The Kier molecular flexibility index (Phi) is 6.64. The van der Waals surface area contributed by atoms with E-state index in [4.69, 9.17) is 0 Å². The lowest BCUT2D eigenvalue weighted by atomic mass is 9.91. The van der Waals surface area contributed by atoms with Crippen molar-refractivity contribution in [2.24, 2.45) is 11.0 Å². The van der Waals surface area contributed by atoms with Crippen LogP contribution in [0.2, 0.25) is 0 Å². The van der Waals surface area contributed by atoms with Crippen molar-refractivity contribution in [2.45, 2.75) is 45.5 Å². The summed E-state index contributed by atoms with van der Waals surface area (Å²) in [4.78, 5) is 25.8. The summed E-state index contributed by atoms with van der Waals surface area (Å²) < 4.78 is 39.6.